The van der Waals surface area contributed by atoms with Gasteiger partial charge in [0.05, 0.1) is 13.5 Å². The normalized spacial score (nSPS) is 38.7. The van der Waals surface area contributed by atoms with Crippen LogP contribution in [-0.2, 0) is 33.4 Å². The van der Waals surface area contributed by atoms with Gasteiger partial charge in [0.15, 0.2) is 0 Å². The predicted octanol–water partition coefficient (Wildman–Crippen LogP) is 4.56. The Bertz CT molecular complexity index is 922. The Hall–Kier alpha value is -2.18. The molecule has 0 bridgehead atoms. The molecule has 0 aromatic heterocycles. The van der Waals surface area contributed by atoms with Crippen LogP contribution >= 0.6 is 0 Å². The molecular weight excluding hydrogens is 448 g/mol. The molecule has 0 unspecified atom stereocenters. The largest absolute Gasteiger partial charge is 0.466 e. The second-order valence-corrected chi connectivity index (χ2v) is 11.7. The first-order valence-corrected chi connectivity index (χ1v) is 13.1. The van der Waals surface area contributed by atoms with Crippen LogP contribution in [0.15, 0.2) is 11.6 Å². The van der Waals surface area contributed by atoms with Gasteiger partial charge in [0, 0.05) is 26.2 Å². The molecule has 3 saturated carbocycles. The number of hydrogen-bond donors (Lipinski definition) is 0. The fraction of sp³-hybridized carbons (Fsp3) is 0.786. The summed E-state index contributed by atoms with van der Waals surface area (Å²) in [5.41, 5.74) is 1.48. The Morgan fingerprint density at radius 3 is 2.40 bits per heavy atom. The topological polar surface area (TPSA) is 96.0 Å². The molecule has 3 fully saturated rings. The Labute approximate surface area is 208 Å². The number of methoxy groups -OCH3 is 1. The summed E-state index contributed by atoms with van der Waals surface area (Å²) in [5.74, 6) is -0.0244. The molecule has 0 N–H and O–H groups in total. The van der Waals surface area contributed by atoms with Gasteiger partial charge < -0.3 is 14.2 Å². The fourth-order valence-corrected chi connectivity index (χ4v) is 8.32. The smallest absolute Gasteiger partial charge is 0.347 e. The number of esters is 3. The number of Topliss-reactive ketones (excluding diaryl/α,β-unsaturated/α-hetero) is 1. The first-order chi connectivity index (χ1) is 16.5. The zero-order chi connectivity index (χ0) is 25.5. The minimum Gasteiger partial charge on any atom is -0.466 e. The molecule has 0 amide bonds. The second-order valence-electron chi connectivity index (χ2n) is 11.7. The van der Waals surface area contributed by atoms with Crippen LogP contribution in [0.25, 0.3) is 0 Å². The first-order valence-electron chi connectivity index (χ1n) is 13.1. The van der Waals surface area contributed by atoms with Crippen LogP contribution < -0.4 is 0 Å². The zero-order valence-electron chi connectivity index (χ0n) is 21.8. The molecule has 0 radical (unpaired) electrons. The first kappa shape index (κ1) is 25.9. The lowest BCUT2D eigenvalue weighted by molar-refractivity contribution is -0.166. The van der Waals surface area contributed by atoms with Crippen LogP contribution in [-0.4, -0.2) is 43.0 Å². The minimum absolute atomic E-state index is 0.00485. The van der Waals surface area contributed by atoms with Gasteiger partial charge in [0.25, 0.3) is 0 Å². The number of hydrogen-bond acceptors (Lipinski definition) is 7. The SMILES string of the molecule is COC(=O)[C@H](CC(=O)[C@H]1CC[C@H]2[C@@H]3CC=C4C[C@H](OC(C)=O)CC[C@]4(C)[C@H]3CC[C@]12C)OC(C)=O. The molecule has 7 heteroatoms. The van der Waals surface area contributed by atoms with Gasteiger partial charge in [-0.25, -0.2) is 4.79 Å². The van der Waals surface area contributed by atoms with Crippen molar-refractivity contribution in [3.8, 4) is 0 Å². The summed E-state index contributed by atoms with van der Waals surface area (Å²) in [6, 6.07) is 0. The zero-order valence-corrected chi connectivity index (χ0v) is 21.8. The molecule has 0 spiro atoms. The number of ether oxygens (including phenoxy) is 3. The summed E-state index contributed by atoms with van der Waals surface area (Å²) < 4.78 is 15.4. The van der Waals surface area contributed by atoms with Crippen molar-refractivity contribution in [3.05, 3.63) is 11.6 Å². The molecule has 0 heterocycles. The third-order valence-electron chi connectivity index (χ3n) is 9.94. The van der Waals surface area contributed by atoms with Crippen molar-refractivity contribution in [1.29, 1.82) is 0 Å². The van der Waals surface area contributed by atoms with E-state index in [1.807, 2.05) is 0 Å². The van der Waals surface area contributed by atoms with Crippen molar-refractivity contribution >= 4 is 23.7 Å². The Kier molecular flexibility index (Phi) is 7.18. The van der Waals surface area contributed by atoms with Gasteiger partial charge in [0.2, 0.25) is 6.10 Å². The lowest BCUT2D eigenvalue weighted by Gasteiger charge is -2.58. The van der Waals surface area contributed by atoms with E-state index < -0.39 is 18.0 Å². The average molecular weight is 489 g/mol. The molecule has 0 aromatic rings. The molecule has 4 rings (SSSR count). The Morgan fingerprint density at radius 1 is 1.00 bits per heavy atom. The molecule has 0 aliphatic heterocycles. The van der Waals surface area contributed by atoms with Gasteiger partial charge in [-0.2, -0.15) is 0 Å². The lowest BCUT2D eigenvalue weighted by Crippen LogP contribution is -2.51. The van der Waals surface area contributed by atoms with Gasteiger partial charge in [-0.15, -0.1) is 0 Å². The highest BCUT2D eigenvalue weighted by molar-refractivity contribution is 5.89. The number of carbonyl (C=O) groups excluding carboxylic acids is 4. The summed E-state index contributed by atoms with van der Waals surface area (Å²) in [6.45, 7) is 7.39. The highest BCUT2D eigenvalue weighted by Gasteiger charge is 2.60. The molecular formula is C28H40O7. The maximum absolute atomic E-state index is 13.4. The van der Waals surface area contributed by atoms with Crippen LogP contribution in [0.3, 0.4) is 0 Å². The van der Waals surface area contributed by atoms with E-state index in [-0.39, 0.29) is 41.0 Å². The molecule has 0 saturated heterocycles. The summed E-state index contributed by atoms with van der Waals surface area (Å²) in [4.78, 5) is 48.5. The van der Waals surface area contributed by atoms with Crippen molar-refractivity contribution in [3.63, 3.8) is 0 Å². The number of allylic oxidation sites excluding steroid dienone is 1. The average Bonchev–Trinajstić information content (AvgIpc) is 3.15. The van der Waals surface area contributed by atoms with Gasteiger partial charge in [-0.1, -0.05) is 25.5 Å². The highest BCUT2D eigenvalue weighted by atomic mass is 16.6. The molecule has 8 atom stereocenters. The molecule has 194 valence electrons. The molecule has 4 aliphatic carbocycles. The van der Waals surface area contributed by atoms with E-state index in [2.05, 4.69) is 19.9 Å². The van der Waals surface area contributed by atoms with E-state index in [1.54, 1.807) is 0 Å². The Morgan fingerprint density at radius 2 is 1.74 bits per heavy atom. The van der Waals surface area contributed by atoms with Crippen molar-refractivity contribution in [2.24, 2.45) is 34.5 Å². The number of rotatable bonds is 6. The van der Waals surface area contributed by atoms with E-state index >= 15 is 0 Å². The van der Waals surface area contributed by atoms with Gasteiger partial charge in [-0.3, -0.25) is 14.4 Å². The van der Waals surface area contributed by atoms with E-state index in [0.29, 0.717) is 17.8 Å². The fourth-order valence-electron chi connectivity index (χ4n) is 8.32. The van der Waals surface area contributed by atoms with Crippen LogP contribution in [0.2, 0.25) is 0 Å². The summed E-state index contributed by atoms with van der Waals surface area (Å²) >= 11 is 0. The maximum Gasteiger partial charge on any atom is 0.347 e. The van der Waals surface area contributed by atoms with Crippen molar-refractivity contribution in [2.75, 3.05) is 7.11 Å². The van der Waals surface area contributed by atoms with Crippen LogP contribution in [0.5, 0.6) is 0 Å². The van der Waals surface area contributed by atoms with Gasteiger partial charge in [0.1, 0.15) is 11.9 Å². The van der Waals surface area contributed by atoms with Crippen LogP contribution in [0.4, 0.5) is 0 Å². The number of fused-ring (bicyclic) bond motifs is 5. The summed E-state index contributed by atoms with van der Waals surface area (Å²) in [6.07, 6.45) is 8.81. The minimum atomic E-state index is -1.17. The summed E-state index contributed by atoms with van der Waals surface area (Å²) in [7, 11) is 1.24. The number of carbonyl (C=O) groups is 4. The lowest BCUT2D eigenvalue weighted by atomic mass is 9.47. The predicted molar refractivity (Wildman–Crippen MR) is 128 cm³/mol. The second kappa shape index (κ2) is 9.70. The molecule has 0 aromatic carbocycles. The van der Waals surface area contributed by atoms with E-state index in [1.165, 1.54) is 26.5 Å². The monoisotopic (exact) mass is 488 g/mol. The van der Waals surface area contributed by atoms with Crippen molar-refractivity contribution in [2.45, 2.75) is 97.7 Å². The quantitative estimate of drug-likeness (QED) is 0.307. The number of ketones is 1. The van der Waals surface area contributed by atoms with Crippen LogP contribution in [0.1, 0.15) is 85.5 Å². The standard InChI is InChI=1S/C28H40O7/c1-16(29)34-19-10-12-27(3)18(14-19)6-7-20-21-8-9-23(28(21,4)13-11-22(20)27)24(31)15-25(26(32)33-5)35-17(2)30/h6,19-23,25H,7-15H2,1-5H3/t19-,20+,21+,22+,23-,25+,27+,28+/m1/s1. The van der Waals surface area contributed by atoms with E-state index in [4.69, 9.17) is 14.2 Å². The third kappa shape index (κ3) is 4.67. The molecule has 35 heavy (non-hydrogen) atoms. The highest BCUT2D eigenvalue weighted by Crippen LogP contribution is 2.66. The third-order valence-corrected chi connectivity index (χ3v) is 9.94. The van der Waals surface area contributed by atoms with Crippen molar-refractivity contribution < 1.29 is 33.4 Å². The van der Waals surface area contributed by atoms with Gasteiger partial charge >= 0.3 is 17.9 Å². The Balaban J connectivity index is 1.50. The van der Waals surface area contributed by atoms with Crippen molar-refractivity contribution in [1.82, 2.24) is 0 Å². The van der Waals surface area contributed by atoms with E-state index in [0.717, 1.165) is 51.4 Å². The molecule has 4 aliphatic rings. The maximum atomic E-state index is 13.4. The van der Waals surface area contributed by atoms with E-state index in [9.17, 15) is 19.2 Å². The van der Waals surface area contributed by atoms with Crippen LogP contribution in [0, 0.1) is 34.5 Å². The van der Waals surface area contributed by atoms with Gasteiger partial charge in [-0.05, 0) is 73.5 Å². The molecule has 7 nitrogen and oxygen atoms in total. The summed E-state index contributed by atoms with van der Waals surface area (Å²) in [5, 5.41) is 0.